The second kappa shape index (κ2) is 8.88. The van der Waals surface area contributed by atoms with E-state index in [2.05, 4.69) is 20.9 Å². The van der Waals surface area contributed by atoms with Gasteiger partial charge in [-0.2, -0.15) is 0 Å². The maximum atomic E-state index is 12.9. The van der Waals surface area contributed by atoms with E-state index in [1.165, 1.54) is 24.3 Å². The fourth-order valence-corrected chi connectivity index (χ4v) is 2.45. The zero-order valence-electron chi connectivity index (χ0n) is 14.9. The van der Waals surface area contributed by atoms with E-state index in [1.54, 1.807) is 0 Å². The molecule has 0 radical (unpaired) electrons. The first-order chi connectivity index (χ1) is 13.1. The molecular weight excluding hydrogens is 351 g/mol. The van der Waals surface area contributed by atoms with Crippen molar-refractivity contribution in [3.63, 3.8) is 0 Å². The van der Waals surface area contributed by atoms with E-state index in [-0.39, 0.29) is 25.1 Å². The van der Waals surface area contributed by atoms with Crippen LogP contribution in [0.4, 0.5) is 10.1 Å². The maximum Gasteiger partial charge on any atom is 0.243 e. The third kappa shape index (κ3) is 5.34. The number of hydrogen-bond donors (Lipinski definition) is 3. The summed E-state index contributed by atoms with van der Waals surface area (Å²) < 4.78 is 23.5. The number of nitrogens with zero attached hydrogens (tertiary/aromatic N) is 1. The second-order valence-electron chi connectivity index (χ2n) is 5.79. The second-order valence-corrected chi connectivity index (χ2v) is 5.79. The van der Waals surface area contributed by atoms with Gasteiger partial charge in [-0.15, -0.1) is 0 Å². The Labute approximate surface area is 156 Å². The van der Waals surface area contributed by atoms with Crippen LogP contribution in [-0.4, -0.2) is 31.7 Å². The zero-order chi connectivity index (χ0) is 19.1. The molecule has 0 bridgehead atoms. The first kappa shape index (κ1) is 18.5. The molecule has 1 aliphatic rings. The predicted octanol–water partition coefficient (Wildman–Crippen LogP) is 2.25. The molecule has 3 N–H and O–H groups in total. The van der Waals surface area contributed by atoms with E-state index in [4.69, 9.17) is 9.47 Å². The van der Waals surface area contributed by atoms with Gasteiger partial charge in [0.25, 0.3) is 0 Å². The average molecular weight is 372 g/mol. The van der Waals surface area contributed by atoms with Crippen molar-refractivity contribution in [2.24, 2.45) is 4.99 Å². The number of nitrogens with one attached hydrogen (secondary N) is 3. The highest BCUT2D eigenvalue weighted by molar-refractivity contribution is 5.94. The fraction of sp³-hybridized carbons (Fsp3) is 0.263. The highest BCUT2D eigenvalue weighted by Crippen LogP contribution is 2.32. The zero-order valence-corrected chi connectivity index (χ0v) is 14.9. The Morgan fingerprint density at radius 3 is 2.67 bits per heavy atom. The Bertz CT molecular complexity index is 824. The number of halogens is 1. The lowest BCUT2D eigenvalue weighted by Gasteiger charge is -2.11. The lowest BCUT2D eigenvalue weighted by Crippen LogP contribution is -2.41. The van der Waals surface area contributed by atoms with E-state index in [1.807, 2.05) is 25.1 Å². The number of hydrogen-bond acceptors (Lipinski definition) is 4. The van der Waals surface area contributed by atoms with Crippen LogP contribution in [0.1, 0.15) is 12.5 Å². The molecule has 8 heteroatoms. The summed E-state index contributed by atoms with van der Waals surface area (Å²) in [5.74, 6) is 1.35. The molecule has 2 aromatic carbocycles. The van der Waals surface area contributed by atoms with Gasteiger partial charge in [-0.1, -0.05) is 6.07 Å². The number of rotatable bonds is 6. The molecule has 0 saturated carbocycles. The van der Waals surface area contributed by atoms with Crippen LogP contribution in [0.25, 0.3) is 0 Å². The van der Waals surface area contributed by atoms with Gasteiger partial charge in [0.2, 0.25) is 12.7 Å². The molecule has 0 saturated heterocycles. The van der Waals surface area contributed by atoms with Crippen molar-refractivity contribution < 1.29 is 18.7 Å². The highest BCUT2D eigenvalue weighted by atomic mass is 19.1. The molecule has 0 spiro atoms. The number of anilines is 1. The number of fused-ring (bicyclic) bond motifs is 1. The monoisotopic (exact) mass is 372 g/mol. The lowest BCUT2D eigenvalue weighted by molar-refractivity contribution is -0.115. The van der Waals surface area contributed by atoms with Crippen LogP contribution < -0.4 is 25.4 Å². The third-order valence-corrected chi connectivity index (χ3v) is 3.75. The van der Waals surface area contributed by atoms with Gasteiger partial charge in [-0.25, -0.2) is 9.38 Å². The van der Waals surface area contributed by atoms with Crippen LogP contribution in [0, 0.1) is 5.82 Å². The van der Waals surface area contributed by atoms with Gasteiger partial charge in [-0.05, 0) is 48.9 Å². The number of amides is 1. The maximum absolute atomic E-state index is 12.9. The van der Waals surface area contributed by atoms with Crippen LogP contribution >= 0.6 is 0 Å². The number of carbonyl (C=O) groups excluding carboxylic acids is 1. The van der Waals surface area contributed by atoms with Crippen molar-refractivity contribution in [2.45, 2.75) is 13.5 Å². The Balaban J connectivity index is 1.54. The number of aliphatic imine (C=N–C) groups is 1. The van der Waals surface area contributed by atoms with Gasteiger partial charge in [0.1, 0.15) is 5.82 Å². The van der Waals surface area contributed by atoms with Gasteiger partial charge >= 0.3 is 0 Å². The molecule has 0 fully saturated rings. The van der Waals surface area contributed by atoms with Crippen molar-refractivity contribution in [3.8, 4) is 11.5 Å². The number of guanidine groups is 1. The normalized spacial score (nSPS) is 12.6. The van der Waals surface area contributed by atoms with E-state index in [0.29, 0.717) is 30.5 Å². The topological polar surface area (TPSA) is 84.0 Å². The summed E-state index contributed by atoms with van der Waals surface area (Å²) >= 11 is 0. The lowest BCUT2D eigenvalue weighted by atomic mass is 10.2. The molecule has 142 valence electrons. The number of carbonyl (C=O) groups is 1. The summed E-state index contributed by atoms with van der Waals surface area (Å²) in [6, 6.07) is 11.3. The molecule has 3 rings (SSSR count). The molecule has 0 atom stereocenters. The Hall–Kier alpha value is -3.29. The summed E-state index contributed by atoms with van der Waals surface area (Å²) in [6.07, 6.45) is 0. The summed E-state index contributed by atoms with van der Waals surface area (Å²) in [4.78, 5) is 16.5. The molecule has 1 amide bonds. The average Bonchev–Trinajstić information content (AvgIpc) is 3.13. The molecule has 0 unspecified atom stereocenters. The Morgan fingerprint density at radius 2 is 1.89 bits per heavy atom. The van der Waals surface area contributed by atoms with Crippen molar-refractivity contribution in [1.29, 1.82) is 0 Å². The fourth-order valence-electron chi connectivity index (χ4n) is 2.45. The van der Waals surface area contributed by atoms with Crippen LogP contribution in [0.15, 0.2) is 47.5 Å². The molecule has 2 aromatic rings. The Kier molecular flexibility index (Phi) is 6.09. The Morgan fingerprint density at radius 1 is 1.11 bits per heavy atom. The molecule has 7 nitrogen and oxygen atoms in total. The van der Waals surface area contributed by atoms with E-state index >= 15 is 0 Å². The molecule has 1 heterocycles. The van der Waals surface area contributed by atoms with Gasteiger partial charge in [0.05, 0.1) is 13.1 Å². The van der Waals surface area contributed by atoms with Crippen molar-refractivity contribution in [2.75, 3.05) is 25.2 Å². The van der Waals surface area contributed by atoms with Gasteiger partial charge in [-0.3, -0.25) is 4.79 Å². The molecule has 0 aromatic heterocycles. The van der Waals surface area contributed by atoms with Crippen LogP contribution in [0.2, 0.25) is 0 Å². The highest BCUT2D eigenvalue weighted by Gasteiger charge is 2.13. The standard InChI is InChI=1S/C19H21FN4O3/c1-2-21-19(22-10-13-3-8-16-17(9-13)27-12-26-16)23-11-18(25)24-15-6-4-14(20)5-7-15/h3-9H,2,10-12H2,1H3,(H,24,25)(H2,21,22,23). The van der Waals surface area contributed by atoms with Gasteiger partial charge in [0, 0.05) is 12.2 Å². The predicted molar refractivity (Wildman–Crippen MR) is 100 cm³/mol. The van der Waals surface area contributed by atoms with Crippen molar-refractivity contribution in [1.82, 2.24) is 10.6 Å². The van der Waals surface area contributed by atoms with Gasteiger partial charge in [0.15, 0.2) is 17.5 Å². The van der Waals surface area contributed by atoms with Crippen LogP contribution in [-0.2, 0) is 11.3 Å². The van der Waals surface area contributed by atoms with Gasteiger partial charge < -0.3 is 25.4 Å². The minimum Gasteiger partial charge on any atom is -0.454 e. The van der Waals surface area contributed by atoms with Crippen molar-refractivity contribution in [3.05, 3.63) is 53.8 Å². The third-order valence-electron chi connectivity index (χ3n) is 3.75. The van der Waals surface area contributed by atoms with E-state index < -0.39 is 0 Å². The summed E-state index contributed by atoms with van der Waals surface area (Å²) in [5.41, 5.74) is 1.50. The quantitative estimate of drug-likeness (QED) is 0.535. The first-order valence-corrected chi connectivity index (χ1v) is 8.60. The molecule has 0 aliphatic carbocycles. The summed E-state index contributed by atoms with van der Waals surface area (Å²) in [5, 5.41) is 8.74. The smallest absolute Gasteiger partial charge is 0.243 e. The first-order valence-electron chi connectivity index (χ1n) is 8.60. The minimum atomic E-state index is -0.351. The molecule has 1 aliphatic heterocycles. The van der Waals surface area contributed by atoms with E-state index in [9.17, 15) is 9.18 Å². The minimum absolute atomic E-state index is 0.0321. The van der Waals surface area contributed by atoms with E-state index in [0.717, 1.165) is 11.3 Å². The summed E-state index contributed by atoms with van der Waals surface area (Å²) in [6.45, 7) is 3.29. The van der Waals surface area contributed by atoms with Crippen LogP contribution in [0.3, 0.4) is 0 Å². The number of ether oxygens (including phenoxy) is 2. The largest absolute Gasteiger partial charge is 0.454 e. The molecule has 27 heavy (non-hydrogen) atoms. The SMILES string of the molecule is CCNC(=NCc1ccc2c(c1)OCO2)NCC(=O)Nc1ccc(F)cc1. The molecular formula is C19H21FN4O3. The summed E-state index contributed by atoms with van der Waals surface area (Å²) in [7, 11) is 0. The van der Waals surface area contributed by atoms with Crippen molar-refractivity contribution >= 4 is 17.6 Å². The number of benzene rings is 2. The van der Waals surface area contributed by atoms with Crippen LogP contribution in [0.5, 0.6) is 11.5 Å².